The van der Waals surface area contributed by atoms with E-state index in [0.717, 1.165) is 11.8 Å². The highest BCUT2D eigenvalue weighted by atomic mass is 14.9. The molecule has 1 saturated heterocycles. The van der Waals surface area contributed by atoms with Crippen molar-refractivity contribution >= 4 is 0 Å². The lowest BCUT2D eigenvalue weighted by atomic mass is 9.94. The van der Waals surface area contributed by atoms with Gasteiger partial charge < -0.3 is 5.32 Å². The summed E-state index contributed by atoms with van der Waals surface area (Å²) < 4.78 is 0. The molecule has 1 nitrogen and oxygen atoms in total. The van der Waals surface area contributed by atoms with Crippen LogP contribution < -0.4 is 5.32 Å². The summed E-state index contributed by atoms with van der Waals surface area (Å²) in [4.78, 5) is 0. The minimum Gasteiger partial charge on any atom is -0.316 e. The number of nitrogens with one attached hydrogen (secondary N) is 1. The first-order valence-electron chi connectivity index (χ1n) is 4.49. The Labute approximate surface area is 64.2 Å². The molecular formula is C9H19N. The van der Waals surface area contributed by atoms with Gasteiger partial charge in [-0.3, -0.25) is 0 Å². The van der Waals surface area contributed by atoms with Crippen molar-refractivity contribution < 1.29 is 0 Å². The van der Waals surface area contributed by atoms with Gasteiger partial charge in [0.05, 0.1) is 0 Å². The molecule has 0 aliphatic carbocycles. The van der Waals surface area contributed by atoms with Gasteiger partial charge in [0.15, 0.2) is 0 Å². The minimum atomic E-state index is 0.891. The van der Waals surface area contributed by atoms with Gasteiger partial charge in [0, 0.05) is 0 Å². The Morgan fingerprint density at radius 3 is 2.50 bits per heavy atom. The van der Waals surface area contributed by atoms with Crippen LogP contribution in [0.2, 0.25) is 0 Å². The Morgan fingerprint density at radius 1 is 1.00 bits per heavy atom. The molecule has 2 unspecified atom stereocenters. The Kier molecular flexibility index (Phi) is 3.20. The van der Waals surface area contributed by atoms with E-state index in [9.17, 15) is 0 Å². The van der Waals surface area contributed by atoms with Crippen LogP contribution in [0.15, 0.2) is 0 Å². The Balaban J connectivity index is 2.23. The van der Waals surface area contributed by atoms with Gasteiger partial charge in [-0.15, -0.1) is 0 Å². The third-order valence-corrected chi connectivity index (χ3v) is 2.46. The van der Waals surface area contributed by atoms with Crippen molar-refractivity contribution in [1.82, 2.24) is 5.32 Å². The molecule has 10 heavy (non-hydrogen) atoms. The SMILES string of the molecule is CC1CCNCC(C)CC1. The first-order chi connectivity index (χ1) is 4.79. The second-order valence-electron chi connectivity index (χ2n) is 3.78. The second kappa shape index (κ2) is 3.97. The van der Waals surface area contributed by atoms with Crippen molar-refractivity contribution in [2.24, 2.45) is 11.8 Å². The van der Waals surface area contributed by atoms with Crippen LogP contribution in [0.4, 0.5) is 0 Å². The zero-order chi connectivity index (χ0) is 7.40. The third-order valence-electron chi connectivity index (χ3n) is 2.46. The quantitative estimate of drug-likeness (QED) is 0.544. The van der Waals surface area contributed by atoms with Crippen LogP contribution in [-0.2, 0) is 0 Å². The molecule has 0 bridgehead atoms. The van der Waals surface area contributed by atoms with E-state index < -0.39 is 0 Å². The zero-order valence-electron chi connectivity index (χ0n) is 7.19. The molecule has 0 amide bonds. The largest absolute Gasteiger partial charge is 0.316 e. The van der Waals surface area contributed by atoms with Gasteiger partial charge in [-0.05, 0) is 37.8 Å². The fraction of sp³-hybridized carbons (Fsp3) is 1.00. The maximum atomic E-state index is 3.47. The summed E-state index contributed by atoms with van der Waals surface area (Å²) in [5, 5.41) is 3.47. The van der Waals surface area contributed by atoms with Crippen molar-refractivity contribution in [2.45, 2.75) is 33.1 Å². The summed E-state index contributed by atoms with van der Waals surface area (Å²) in [6.45, 7) is 7.16. The van der Waals surface area contributed by atoms with Crippen molar-refractivity contribution in [1.29, 1.82) is 0 Å². The van der Waals surface area contributed by atoms with Crippen LogP contribution in [0.5, 0.6) is 0 Å². The molecule has 0 aromatic rings. The fourth-order valence-electron chi connectivity index (χ4n) is 1.51. The lowest BCUT2D eigenvalue weighted by Gasteiger charge is -2.20. The fourth-order valence-corrected chi connectivity index (χ4v) is 1.51. The molecule has 1 heterocycles. The van der Waals surface area contributed by atoms with Crippen LogP contribution in [0.25, 0.3) is 0 Å². The molecule has 1 fully saturated rings. The number of hydrogen-bond donors (Lipinski definition) is 1. The highest BCUT2D eigenvalue weighted by Crippen LogP contribution is 2.16. The first-order valence-corrected chi connectivity index (χ1v) is 4.49. The zero-order valence-corrected chi connectivity index (χ0v) is 7.19. The van der Waals surface area contributed by atoms with Crippen molar-refractivity contribution in [2.75, 3.05) is 13.1 Å². The summed E-state index contributed by atoms with van der Waals surface area (Å²) >= 11 is 0. The standard InChI is InChI=1S/C9H19N/c1-8-3-4-9(2)7-10-6-5-8/h8-10H,3-7H2,1-2H3. The van der Waals surface area contributed by atoms with Gasteiger partial charge in [0.2, 0.25) is 0 Å². The van der Waals surface area contributed by atoms with Crippen molar-refractivity contribution in [3.8, 4) is 0 Å². The summed E-state index contributed by atoms with van der Waals surface area (Å²) in [7, 11) is 0. The summed E-state index contributed by atoms with van der Waals surface area (Å²) in [5.74, 6) is 1.83. The van der Waals surface area contributed by atoms with Crippen molar-refractivity contribution in [3.05, 3.63) is 0 Å². The monoisotopic (exact) mass is 141 g/mol. The number of hydrogen-bond acceptors (Lipinski definition) is 1. The molecule has 0 aromatic carbocycles. The van der Waals surface area contributed by atoms with E-state index in [-0.39, 0.29) is 0 Å². The molecule has 1 aliphatic rings. The average Bonchev–Trinajstić information content (AvgIpc) is 1.90. The first kappa shape index (κ1) is 8.06. The van der Waals surface area contributed by atoms with Gasteiger partial charge in [0.1, 0.15) is 0 Å². The molecule has 1 rings (SSSR count). The normalized spacial score (nSPS) is 36.6. The predicted octanol–water partition coefficient (Wildman–Crippen LogP) is 2.03. The molecule has 2 atom stereocenters. The average molecular weight is 141 g/mol. The van der Waals surface area contributed by atoms with Crippen LogP contribution in [-0.4, -0.2) is 13.1 Å². The molecular weight excluding hydrogens is 122 g/mol. The Bertz CT molecular complexity index is 78.7. The van der Waals surface area contributed by atoms with Crippen LogP contribution in [0, 0.1) is 11.8 Å². The van der Waals surface area contributed by atoms with E-state index >= 15 is 0 Å². The molecule has 1 heteroatoms. The summed E-state index contributed by atoms with van der Waals surface area (Å²) in [6, 6.07) is 0. The van der Waals surface area contributed by atoms with E-state index in [2.05, 4.69) is 19.2 Å². The highest BCUT2D eigenvalue weighted by molar-refractivity contribution is 4.65. The molecule has 1 aliphatic heterocycles. The summed E-state index contributed by atoms with van der Waals surface area (Å²) in [5.41, 5.74) is 0. The maximum absolute atomic E-state index is 3.47. The minimum absolute atomic E-state index is 0.891. The van der Waals surface area contributed by atoms with Gasteiger partial charge in [-0.25, -0.2) is 0 Å². The van der Waals surface area contributed by atoms with Gasteiger partial charge in [0.25, 0.3) is 0 Å². The predicted molar refractivity (Wildman–Crippen MR) is 45.0 cm³/mol. The van der Waals surface area contributed by atoms with Gasteiger partial charge in [-0.2, -0.15) is 0 Å². The molecule has 60 valence electrons. The Hall–Kier alpha value is -0.0400. The van der Waals surface area contributed by atoms with E-state index in [1.54, 1.807) is 0 Å². The smallest absolute Gasteiger partial charge is 0.00232 e. The summed E-state index contributed by atoms with van der Waals surface area (Å²) in [6.07, 6.45) is 4.21. The van der Waals surface area contributed by atoms with E-state index in [4.69, 9.17) is 0 Å². The van der Waals surface area contributed by atoms with Crippen molar-refractivity contribution in [3.63, 3.8) is 0 Å². The highest BCUT2D eigenvalue weighted by Gasteiger charge is 2.09. The lowest BCUT2D eigenvalue weighted by Crippen LogP contribution is -2.26. The van der Waals surface area contributed by atoms with Gasteiger partial charge in [-0.1, -0.05) is 20.3 Å². The molecule has 0 aromatic heterocycles. The number of rotatable bonds is 0. The molecule has 1 N–H and O–H groups in total. The third kappa shape index (κ3) is 2.70. The van der Waals surface area contributed by atoms with E-state index in [0.29, 0.717) is 0 Å². The topological polar surface area (TPSA) is 12.0 Å². The Morgan fingerprint density at radius 2 is 1.70 bits per heavy atom. The van der Waals surface area contributed by atoms with E-state index in [1.165, 1.54) is 32.4 Å². The van der Waals surface area contributed by atoms with E-state index in [1.807, 2.05) is 0 Å². The second-order valence-corrected chi connectivity index (χ2v) is 3.78. The molecule has 0 radical (unpaired) electrons. The van der Waals surface area contributed by atoms with Crippen LogP contribution in [0.1, 0.15) is 33.1 Å². The molecule has 0 saturated carbocycles. The maximum Gasteiger partial charge on any atom is -0.00232 e. The van der Waals surface area contributed by atoms with Crippen LogP contribution >= 0.6 is 0 Å². The van der Waals surface area contributed by atoms with Gasteiger partial charge >= 0.3 is 0 Å². The lowest BCUT2D eigenvalue weighted by molar-refractivity contribution is 0.356. The van der Waals surface area contributed by atoms with Crippen LogP contribution in [0.3, 0.4) is 0 Å². The molecule has 0 spiro atoms.